The lowest BCUT2D eigenvalue weighted by Crippen LogP contribution is -2.59. The van der Waals surface area contributed by atoms with Crippen molar-refractivity contribution in [2.24, 2.45) is 0 Å². The summed E-state index contributed by atoms with van der Waals surface area (Å²) in [4.78, 5) is 46.9. The number of carbonyl (C=O) groups excluding carboxylic acids is 3. The first-order valence-electron chi connectivity index (χ1n) is 13.4. The molecule has 0 unspecified atom stereocenters. The van der Waals surface area contributed by atoms with Gasteiger partial charge in [-0.2, -0.15) is 5.26 Å². The van der Waals surface area contributed by atoms with Crippen LogP contribution in [0.5, 0.6) is 0 Å². The molecule has 0 atom stereocenters. The molecule has 2 N–H and O–H groups in total. The van der Waals surface area contributed by atoms with Crippen molar-refractivity contribution in [1.82, 2.24) is 20.5 Å². The number of nitrogens with zero attached hydrogens (tertiary/aromatic N) is 4. The van der Waals surface area contributed by atoms with Crippen molar-refractivity contribution in [3.8, 4) is 17.3 Å². The Bertz CT molecular complexity index is 1220. The highest BCUT2D eigenvalue weighted by Crippen LogP contribution is 2.30. The number of anilines is 1. The van der Waals surface area contributed by atoms with Gasteiger partial charge in [-0.25, -0.2) is 9.78 Å². The Hall–Kier alpha value is -3.65. The van der Waals surface area contributed by atoms with Crippen molar-refractivity contribution in [2.75, 3.05) is 37.6 Å². The molecule has 1 aliphatic carbocycles. The Kier molecular flexibility index (Phi) is 8.75. The molecule has 2 fully saturated rings. The molecule has 4 rings (SSSR count). The van der Waals surface area contributed by atoms with Crippen LogP contribution in [0.15, 0.2) is 29.6 Å². The van der Waals surface area contributed by atoms with Crippen molar-refractivity contribution in [2.45, 2.75) is 64.0 Å². The average Bonchev–Trinajstić information content (AvgIpc) is 3.42. The van der Waals surface area contributed by atoms with Gasteiger partial charge in [0.1, 0.15) is 17.7 Å². The fraction of sp³-hybridized carbons (Fsp3) is 0.536. The first-order valence-corrected chi connectivity index (χ1v) is 14.2. The van der Waals surface area contributed by atoms with Crippen LogP contribution in [0.2, 0.25) is 0 Å². The summed E-state index contributed by atoms with van der Waals surface area (Å²) >= 11 is 1.55. The maximum atomic E-state index is 13.1. The highest BCUT2D eigenvalue weighted by atomic mass is 32.1. The second-order valence-corrected chi connectivity index (χ2v) is 11.8. The molecule has 39 heavy (non-hydrogen) atoms. The number of piperazine rings is 1. The predicted molar refractivity (Wildman–Crippen MR) is 149 cm³/mol. The molecule has 0 radical (unpaired) electrons. The summed E-state index contributed by atoms with van der Waals surface area (Å²) in [6, 6.07) is 9.13. The van der Waals surface area contributed by atoms with Gasteiger partial charge < -0.3 is 25.2 Å². The summed E-state index contributed by atoms with van der Waals surface area (Å²) in [5, 5.41) is 17.3. The maximum absolute atomic E-state index is 13.1. The molecule has 10 nitrogen and oxygen atoms in total. The van der Waals surface area contributed by atoms with Crippen molar-refractivity contribution < 1.29 is 19.1 Å². The predicted octanol–water partition coefficient (Wildman–Crippen LogP) is 3.94. The van der Waals surface area contributed by atoms with Crippen LogP contribution in [-0.4, -0.2) is 71.7 Å². The smallest absolute Gasteiger partial charge is 0.410 e. The number of thiazole rings is 1. The Morgan fingerprint density at radius 3 is 2.36 bits per heavy atom. The summed E-state index contributed by atoms with van der Waals surface area (Å²) in [6.07, 6.45) is 3.54. The number of carbonyl (C=O) groups is 3. The minimum atomic E-state index is -0.984. The lowest BCUT2D eigenvalue weighted by atomic mass is 9.80. The molecule has 2 heterocycles. The second-order valence-electron chi connectivity index (χ2n) is 11.0. The summed E-state index contributed by atoms with van der Waals surface area (Å²) in [5.41, 5.74) is 0.670. The molecule has 1 aliphatic heterocycles. The summed E-state index contributed by atoms with van der Waals surface area (Å²) in [7, 11) is 0. The van der Waals surface area contributed by atoms with E-state index >= 15 is 0 Å². The van der Waals surface area contributed by atoms with Gasteiger partial charge in [0.05, 0.1) is 11.8 Å². The Morgan fingerprint density at radius 2 is 1.74 bits per heavy atom. The molecular weight excluding hydrogens is 516 g/mol. The molecule has 0 spiro atoms. The fourth-order valence-corrected chi connectivity index (χ4v) is 5.77. The van der Waals surface area contributed by atoms with Crippen LogP contribution < -0.4 is 15.5 Å². The van der Waals surface area contributed by atoms with Gasteiger partial charge in [-0.1, -0.05) is 31.4 Å². The van der Waals surface area contributed by atoms with E-state index in [1.54, 1.807) is 28.4 Å². The Morgan fingerprint density at radius 1 is 1.08 bits per heavy atom. The highest BCUT2D eigenvalue weighted by molar-refractivity contribution is 7.14. The van der Waals surface area contributed by atoms with Crippen LogP contribution in [-0.2, 0) is 9.53 Å². The van der Waals surface area contributed by atoms with Crippen molar-refractivity contribution >= 4 is 34.4 Å². The Labute approximate surface area is 233 Å². The molecule has 0 bridgehead atoms. The average molecular weight is 553 g/mol. The first kappa shape index (κ1) is 28.4. The SMILES string of the molecule is CC(C)(C)OC(=O)N1CCN(c2nc(-c3ccc(C(=O)NC4(C(=O)NCC#N)CCCCC4)cc3)cs2)CC1. The number of benzene rings is 1. The molecule has 1 aromatic carbocycles. The quantitative estimate of drug-likeness (QED) is 0.520. The third kappa shape index (κ3) is 7.06. The third-order valence-electron chi connectivity index (χ3n) is 6.96. The summed E-state index contributed by atoms with van der Waals surface area (Å²) in [6.45, 7) is 8.00. The van der Waals surface area contributed by atoms with E-state index in [0.29, 0.717) is 44.6 Å². The van der Waals surface area contributed by atoms with Crippen molar-refractivity contribution in [1.29, 1.82) is 5.26 Å². The van der Waals surface area contributed by atoms with Gasteiger partial charge in [0.15, 0.2) is 5.13 Å². The van der Waals surface area contributed by atoms with Crippen LogP contribution >= 0.6 is 11.3 Å². The lowest BCUT2D eigenvalue weighted by Gasteiger charge is -2.36. The maximum Gasteiger partial charge on any atom is 0.410 e. The van der Waals surface area contributed by atoms with E-state index in [1.165, 1.54) is 0 Å². The number of nitriles is 1. The molecule has 2 aliphatic rings. The number of nitrogens with one attached hydrogen (secondary N) is 2. The number of hydrogen-bond donors (Lipinski definition) is 2. The topological polar surface area (TPSA) is 128 Å². The minimum Gasteiger partial charge on any atom is -0.444 e. The van der Waals surface area contributed by atoms with Crippen molar-refractivity contribution in [3.05, 3.63) is 35.2 Å². The zero-order valence-corrected chi connectivity index (χ0v) is 23.6. The van der Waals surface area contributed by atoms with Crippen LogP contribution in [0, 0.1) is 11.3 Å². The standard InChI is InChI=1S/C28H36N6O4S/c1-27(2,3)38-26(37)34-17-15-33(16-18-34)25-31-22(19-39-25)20-7-9-21(10-8-20)23(35)32-28(11-5-4-6-12-28)24(36)30-14-13-29/h7-10,19H,4-6,11-12,14-18H2,1-3H3,(H,30,36)(H,32,35). The van der Waals surface area contributed by atoms with Crippen LogP contribution in [0.3, 0.4) is 0 Å². The monoisotopic (exact) mass is 552 g/mol. The van der Waals surface area contributed by atoms with E-state index in [1.807, 2.05) is 44.4 Å². The molecule has 1 aromatic heterocycles. The van der Waals surface area contributed by atoms with Crippen LogP contribution in [0.25, 0.3) is 11.3 Å². The number of rotatable bonds is 6. The van der Waals surface area contributed by atoms with Gasteiger partial charge in [-0.15, -0.1) is 11.3 Å². The van der Waals surface area contributed by atoms with Gasteiger partial charge >= 0.3 is 6.09 Å². The molecular formula is C28H36N6O4S. The van der Waals surface area contributed by atoms with E-state index in [4.69, 9.17) is 15.0 Å². The number of ether oxygens (including phenoxy) is 1. The largest absolute Gasteiger partial charge is 0.444 e. The number of aromatic nitrogens is 1. The molecule has 11 heteroatoms. The van der Waals surface area contributed by atoms with Crippen LogP contribution in [0.1, 0.15) is 63.2 Å². The van der Waals surface area contributed by atoms with Gasteiger partial charge in [-0.3, -0.25) is 9.59 Å². The zero-order chi connectivity index (χ0) is 28.0. The van der Waals surface area contributed by atoms with E-state index < -0.39 is 11.1 Å². The van der Waals surface area contributed by atoms with Gasteiger partial charge in [-0.05, 0) is 45.7 Å². The van der Waals surface area contributed by atoms with Gasteiger partial charge in [0.25, 0.3) is 5.91 Å². The lowest BCUT2D eigenvalue weighted by molar-refractivity contribution is -0.128. The number of hydrogen-bond acceptors (Lipinski definition) is 8. The van der Waals surface area contributed by atoms with E-state index in [9.17, 15) is 14.4 Å². The fourth-order valence-electron chi connectivity index (χ4n) is 4.88. The molecule has 3 amide bonds. The number of amides is 3. The van der Waals surface area contributed by atoms with Crippen LogP contribution in [0.4, 0.5) is 9.93 Å². The van der Waals surface area contributed by atoms with E-state index in [-0.39, 0.29) is 24.5 Å². The van der Waals surface area contributed by atoms with E-state index in [0.717, 1.165) is 35.7 Å². The summed E-state index contributed by atoms with van der Waals surface area (Å²) in [5.74, 6) is -0.604. The van der Waals surface area contributed by atoms with E-state index in [2.05, 4.69) is 15.5 Å². The van der Waals surface area contributed by atoms with Gasteiger partial charge in [0, 0.05) is 42.7 Å². The molecule has 208 valence electrons. The first-order chi connectivity index (χ1) is 18.6. The normalized spacial score (nSPS) is 17.2. The Balaban J connectivity index is 1.37. The van der Waals surface area contributed by atoms with Crippen molar-refractivity contribution in [3.63, 3.8) is 0 Å². The zero-order valence-electron chi connectivity index (χ0n) is 22.8. The third-order valence-corrected chi connectivity index (χ3v) is 7.86. The summed E-state index contributed by atoms with van der Waals surface area (Å²) < 4.78 is 5.48. The molecule has 1 saturated carbocycles. The molecule has 1 saturated heterocycles. The minimum absolute atomic E-state index is 0.0831. The highest BCUT2D eigenvalue weighted by Gasteiger charge is 2.40. The second kappa shape index (κ2) is 12.0. The van der Waals surface area contributed by atoms with Gasteiger partial charge in [0.2, 0.25) is 5.91 Å². The molecule has 2 aromatic rings.